The molecule has 0 saturated carbocycles. The van der Waals surface area contributed by atoms with Crippen LogP contribution in [0.3, 0.4) is 0 Å². The van der Waals surface area contributed by atoms with E-state index in [1.165, 1.54) is 17.0 Å². The number of benzene rings is 1. The first-order valence-electron chi connectivity index (χ1n) is 6.43. The van der Waals surface area contributed by atoms with Crippen molar-refractivity contribution in [2.45, 2.75) is 6.54 Å². The summed E-state index contributed by atoms with van der Waals surface area (Å²) in [5, 5.41) is 11.5. The van der Waals surface area contributed by atoms with Crippen molar-refractivity contribution in [1.82, 2.24) is 10.2 Å². The van der Waals surface area contributed by atoms with Gasteiger partial charge in [-0.15, -0.1) is 0 Å². The van der Waals surface area contributed by atoms with Crippen LogP contribution >= 0.6 is 0 Å². The van der Waals surface area contributed by atoms with Crippen molar-refractivity contribution < 1.29 is 23.1 Å². The topological polar surface area (TPSA) is 104 Å². The number of hydrogen-bond acceptors (Lipinski definition) is 4. The van der Waals surface area contributed by atoms with Gasteiger partial charge in [-0.2, -0.15) is 0 Å². The van der Waals surface area contributed by atoms with Gasteiger partial charge in [0.1, 0.15) is 0 Å². The molecule has 21 heavy (non-hydrogen) atoms. The van der Waals surface area contributed by atoms with Gasteiger partial charge >= 0.3 is 12.0 Å². The lowest BCUT2D eigenvalue weighted by atomic mass is 10.1. The van der Waals surface area contributed by atoms with Gasteiger partial charge < -0.3 is 15.3 Å². The third-order valence-corrected chi connectivity index (χ3v) is 4.89. The number of amides is 2. The van der Waals surface area contributed by atoms with Crippen molar-refractivity contribution >= 4 is 21.8 Å². The van der Waals surface area contributed by atoms with Gasteiger partial charge in [-0.25, -0.2) is 18.0 Å². The molecule has 1 aliphatic rings. The molecule has 7 nitrogen and oxygen atoms in total. The molecule has 1 aliphatic heterocycles. The number of carboxylic acid groups (broad SMARTS) is 1. The summed E-state index contributed by atoms with van der Waals surface area (Å²) in [6.07, 6.45) is 0. The summed E-state index contributed by atoms with van der Waals surface area (Å²) in [6.45, 7) is 0.667. The highest BCUT2D eigenvalue weighted by molar-refractivity contribution is 7.91. The van der Waals surface area contributed by atoms with Crippen LogP contribution in [-0.4, -0.2) is 55.0 Å². The number of nitrogens with one attached hydrogen (secondary N) is 1. The third kappa shape index (κ3) is 4.19. The van der Waals surface area contributed by atoms with Crippen LogP contribution in [0.25, 0.3) is 0 Å². The van der Waals surface area contributed by atoms with Crippen LogP contribution in [0.15, 0.2) is 24.3 Å². The molecule has 2 amide bonds. The molecule has 2 rings (SSSR count). The average molecular weight is 312 g/mol. The van der Waals surface area contributed by atoms with Gasteiger partial charge in [-0.3, -0.25) is 0 Å². The first-order chi connectivity index (χ1) is 9.87. The zero-order chi connectivity index (χ0) is 15.5. The summed E-state index contributed by atoms with van der Waals surface area (Å²) in [5.74, 6) is -1.01. The van der Waals surface area contributed by atoms with Crippen molar-refractivity contribution in [2.75, 3.05) is 24.6 Å². The fourth-order valence-electron chi connectivity index (χ4n) is 1.97. The largest absolute Gasteiger partial charge is 0.478 e. The number of sulfone groups is 1. The van der Waals surface area contributed by atoms with Gasteiger partial charge in [0.2, 0.25) is 0 Å². The number of urea groups is 1. The molecule has 1 saturated heterocycles. The quantitative estimate of drug-likeness (QED) is 0.837. The van der Waals surface area contributed by atoms with E-state index in [0.717, 1.165) is 5.56 Å². The minimum atomic E-state index is -3.01. The first kappa shape index (κ1) is 15.3. The van der Waals surface area contributed by atoms with Crippen molar-refractivity contribution in [2.24, 2.45) is 0 Å². The van der Waals surface area contributed by atoms with E-state index in [-0.39, 0.29) is 42.7 Å². The molecule has 0 atom stereocenters. The second-order valence-electron chi connectivity index (χ2n) is 4.80. The highest BCUT2D eigenvalue weighted by atomic mass is 32.2. The molecule has 1 aromatic rings. The molecule has 2 N–H and O–H groups in total. The van der Waals surface area contributed by atoms with Gasteiger partial charge in [0.05, 0.1) is 17.1 Å². The molecule has 114 valence electrons. The van der Waals surface area contributed by atoms with Crippen LogP contribution in [0.2, 0.25) is 0 Å². The molecule has 0 bridgehead atoms. The fourth-order valence-corrected chi connectivity index (χ4v) is 3.17. The Labute approximate surface area is 122 Å². The number of carbonyl (C=O) groups excluding carboxylic acids is 1. The maximum atomic E-state index is 11.9. The minimum Gasteiger partial charge on any atom is -0.478 e. The monoisotopic (exact) mass is 312 g/mol. The predicted molar refractivity (Wildman–Crippen MR) is 75.9 cm³/mol. The van der Waals surface area contributed by atoms with Crippen LogP contribution in [-0.2, 0) is 16.4 Å². The normalized spacial score (nSPS) is 17.2. The van der Waals surface area contributed by atoms with Crippen LogP contribution in [0, 0.1) is 0 Å². The molecule has 1 aromatic carbocycles. The van der Waals surface area contributed by atoms with Crippen LogP contribution in [0.1, 0.15) is 15.9 Å². The van der Waals surface area contributed by atoms with Gasteiger partial charge in [-0.05, 0) is 17.7 Å². The Morgan fingerprint density at radius 2 is 1.71 bits per heavy atom. The Kier molecular flexibility index (Phi) is 4.46. The third-order valence-electron chi connectivity index (χ3n) is 3.28. The van der Waals surface area contributed by atoms with Gasteiger partial charge in [0, 0.05) is 19.6 Å². The van der Waals surface area contributed by atoms with E-state index < -0.39 is 15.8 Å². The molecule has 0 aliphatic carbocycles. The van der Waals surface area contributed by atoms with E-state index in [1.54, 1.807) is 12.1 Å². The summed E-state index contributed by atoms with van der Waals surface area (Å²) in [4.78, 5) is 24.1. The predicted octanol–water partition coefficient (Wildman–Crippen LogP) is 0.325. The maximum absolute atomic E-state index is 11.9. The Morgan fingerprint density at radius 1 is 1.14 bits per heavy atom. The van der Waals surface area contributed by atoms with Gasteiger partial charge in [0.15, 0.2) is 9.84 Å². The molecular weight excluding hydrogens is 296 g/mol. The number of rotatable bonds is 3. The highest BCUT2D eigenvalue weighted by Gasteiger charge is 2.24. The van der Waals surface area contributed by atoms with E-state index in [2.05, 4.69) is 5.32 Å². The SMILES string of the molecule is O=C(O)c1ccc(CNC(=O)N2CCS(=O)(=O)CC2)cc1. The van der Waals surface area contributed by atoms with Gasteiger partial charge in [-0.1, -0.05) is 12.1 Å². The van der Waals surface area contributed by atoms with Crippen molar-refractivity contribution in [3.8, 4) is 0 Å². The molecule has 0 spiro atoms. The Bertz CT molecular complexity index is 625. The Balaban J connectivity index is 1.85. The number of hydrogen-bond donors (Lipinski definition) is 2. The van der Waals surface area contributed by atoms with Crippen molar-refractivity contribution in [1.29, 1.82) is 0 Å². The lowest BCUT2D eigenvalue weighted by Gasteiger charge is -2.26. The van der Waals surface area contributed by atoms with Crippen LogP contribution in [0.5, 0.6) is 0 Å². The van der Waals surface area contributed by atoms with Crippen molar-refractivity contribution in [3.05, 3.63) is 35.4 Å². The fraction of sp³-hybridized carbons (Fsp3) is 0.385. The Hall–Kier alpha value is -2.09. The number of carboxylic acids is 1. The average Bonchev–Trinajstić information content (AvgIpc) is 2.45. The number of aromatic carboxylic acids is 1. The lowest BCUT2D eigenvalue weighted by Crippen LogP contribution is -2.47. The van der Waals surface area contributed by atoms with E-state index >= 15 is 0 Å². The Morgan fingerprint density at radius 3 is 2.24 bits per heavy atom. The molecule has 1 heterocycles. The van der Waals surface area contributed by atoms with E-state index in [0.29, 0.717) is 0 Å². The van der Waals surface area contributed by atoms with E-state index in [9.17, 15) is 18.0 Å². The highest BCUT2D eigenvalue weighted by Crippen LogP contribution is 2.06. The second-order valence-corrected chi connectivity index (χ2v) is 7.10. The van der Waals surface area contributed by atoms with E-state index in [1.807, 2.05) is 0 Å². The lowest BCUT2D eigenvalue weighted by molar-refractivity contribution is 0.0697. The zero-order valence-corrected chi connectivity index (χ0v) is 12.1. The smallest absolute Gasteiger partial charge is 0.335 e. The summed E-state index contributed by atoms with van der Waals surface area (Å²) in [5.41, 5.74) is 0.962. The molecule has 0 unspecified atom stereocenters. The summed E-state index contributed by atoms with van der Waals surface area (Å²) < 4.78 is 22.6. The molecule has 0 aromatic heterocycles. The van der Waals surface area contributed by atoms with Gasteiger partial charge in [0.25, 0.3) is 0 Å². The van der Waals surface area contributed by atoms with Crippen LogP contribution in [0.4, 0.5) is 4.79 Å². The zero-order valence-electron chi connectivity index (χ0n) is 11.3. The van der Waals surface area contributed by atoms with Crippen LogP contribution < -0.4 is 5.32 Å². The number of carbonyl (C=O) groups is 2. The summed E-state index contributed by atoms with van der Waals surface area (Å²) in [6, 6.07) is 5.89. The maximum Gasteiger partial charge on any atom is 0.335 e. The van der Waals surface area contributed by atoms with E-state index in [4.69, 9.17) is 5.11 Å². The molecule has 8 heteroatoms. The number of nitrogens with zero attached hydrogens (tertiary/aromatic N) is 1. The molecular formula is C13H16N2O5S. The minimum absolute atomic E-state index is 0.00622. The summed E-state index contributed by atoms with van der Waals surface area (Å²) >= 11 is 0. The molecule has 1 fully saturated rings. The summed E-state index contributed by atoms with van der Waals surface area (Å²) in [7, 11) is -3.01. The van der Waals surface area contributed by atoms with Crippen molar-refractivity contribution in [3.63, 3.8) is 0 Å². The first-order valence-corrected chi connectivity index (χ1v) is 8.25. The standard InChI is InChI=1S/C13H16N2O5S/c16-12(17)11-3-1-10(2-4-11)9-14-13(18)15-5-7-21(19,20)8-6-15/h1-4H,5-9H2,(H,14,18)(H,16,17). The second kappa shape index (κ2) is 6.13. The molecule has 0 radical (unpaired) electrons.